The second-order valence-corrected chi connectivity index (χ2v) is 6.70. The SMILES string of the molecule is CCCC1(C(=O)Nc2cc(C)cc(Br)c2)CCCNC1. The predicted molar refractivity (Wildman–Crippen MR) is 87.0 cm³/mol. The maximum absolute atomic E-state index is 12.7. The van der Waals surface area contributed by atoms with Crippen molar-refractivity contribution in [2.75, 3.05) is 18.4 Å². The molecular weight excluding hydrogens is 316 g/mol. The number of nitrogens with one attached hydrogen (secondary N) is 2. The highest BCUT2D eigenvalue weighted by Crippen LogP contribution is 2.33. The van der Waals surface area contributed by atoms with E-state index < -0.39 is 0 Å². The second kappa shape index (κ2) is 6.72. The highest BCUT2D eigenvalue weighted by Gasteiger charge is 2.38. The van der Waals surface area contributed by atoms with Crippen LogP contribution in [-0.2, 0) is 4.79 Å². The van der Waals surface area contributed by atoms with Gasteiger partial charge in [0, 0.05) is 16.7 Å². The lowest BCUT2D eigenvalue weighted by Gasteiger charge is -2.36. The fraction of sp³-hybridized carbons (Fsp3) is 0.562. The van der Waals surface area contributed by atoms with E-state index in [-0.39, 0.29) is 11.3 Å². The van der Waals surface area contributed by atoms with Crippen molar-refractivity contribution in [1.82, 2.24) is 5.32 Å². The molecule has 2 rings (SSSR count). The molecule has 0 aromatic heterocycles. The number of piperidine rings is 1. The number of amides is 1. The number of hydrogen-bond acceptors (Lipinski definition) is 2. The number of carbonyl (C=O) groups is 1. The Kier molecular flexibility index (Phi) is 5.22. The molecule has 1 aromatic carbocycles. The Morgan fingerprint density at radius 2 is 2.25 bits per heavy atom. The van der Waals surface area contributed by atoms with Gasteiger partial charge in [-0.25, -0.2) is 0 Å². The van der Waals surface area contributed by atoms with Crippen LogP contribution in [0.2, 0.25) is 0 Å². The Morgan fingerprint density at radius 3 is 2.85 bits per heavy atom. The van der Waals surface area contributed by atoms with Gasteiger partial charge < -0.3 is 10.6 Å². The molecule has 0 saturated carbocycles. The smallest absolute Gasteiger partial charge is 0.231 e. The highest BCUT2D eigenvalue weighted by atomic mass is 79.9. The number of rotatable bonds is 4. The Hall–Kier alpha value is -0.870. The molecule has 1 amide bonds. The van der Waals surface area contributed by atoms with Crippen LogP contribution in [0.15, 0.2) is 22.7 Å². The molecular formula is C16H23BrN2O. The van der Waals surface area contributed by atoms with E-state index in [0.29, 0.717) is 0 Å². The molecule has 1 atom stereocenters. The van der Waals surface area contributed by atoms with Gasteiger partial charge in [0.25, 0.3) is 0 Å². The third-order valence-electron chi connectivity index (χ3n) is 3.98. The van der Waals surface area contributed by atoms with E-state index in [1.165, 1.54) is 0 Å². The van der Waals surface area contributed by atoms with Crippen molar-refractivity contribution in [3.63, 3.8) is 0 Å². The number of hydrogen-bond donors (Lipinski definition) is 2. The molecule has 1 saturated heterocycles. The average Bonchev–Trinajstić information content (AvgIpc) is 2.38. The fourth-order valence-electron chi connectivity index (χ4n) is 3.04. The van der Waals surface area contributed by atoms with Gasteiger partial charge in [-0.3, -0.25) is 4.79 Å². The molecule has 1 aliphatic rings. The first-order valence-corrected chi connectivity index (χ1v) is 8.14. The van der Waals surface area contributed by atoms with Gasteiger partial charge in [0.2, 0.25) is 5.91 Å². The van der Waals surface area contributed by atoms with Gasteiger partial charge in [0.15, 0.2) is 0 Å². The van der Waals surface area contributed by atoms with E-state index in [0.717, 1.165) is 54.5 Å². The number of carbonyl (C=O) groups excluding carboxylic acids is 1. The largest absolute Gasteiger partial charge is 0.326 e. The van der Waals surface area contributed by atoms with Gasteiger partial charge in [-0.2, -0.15) is 0 Å². The van der Waals surface area contributed by atoms with E-state index in [9.17, 15) is 4.79 Å². The minimum atomic E-state index is -0.247. The van der Waals surface area contributed by atoms with E-state index in [1.807, 2.05) is 25.1 Å². The van der Waals surface area contributed by atoms with Crippen molar-refractivity contribution in [2.45, 2.75) is 39.5 Å². The molecule has 1 fully saturated rings. The first kappa shape index (κ1) is 15.5. The van der Waals surface area contributed by atoms with Crippen molar-refractivity contribution in [2.24, 2.45) is 5.41 Å². The summed E-state index contributed by atoms with van der Waals surface area (Å²) in [5, 5.41) is 6.49. The van der Waals surface area contributed by atoms with Crippen LogP contribution in [0, 0.1) is 12.3 Å². The number of aryl methyl sites for hydroxylation is 1. The van der Waals surface area contributed by atoms with Crippen LogP contribution < -0.4 is 10.6 Å². The lowest BCUT2D eigenvalue weighted by atomic mass is 9.76. The van der Waals surface area contributed by atoms with E-state index in [1.54, 1.807) is 0 Å². The van der Waals surface area contributed by atoms with Crippen LogP contribution in [0.25, 0.3) is 0 Å². The molecule has 0 bridgehead atoms. The average molecular weight is 339 g/mol. The normalized spacial score (nSPS) is 22.6. The minimum absolute atomic E-state index is 0.157. The predicted octanol–water partition coefficient (Wildman–Crippen LogP) is 3.87. The fourth-order valence-corrected chi connectivity index (χ4v) is 3.65. The summed E-state index contributed by atoms with van der Waals surface area (Å²) >= 11 is 3.48. The molecule has 0 spiro atoms. The summed E-state index contributed by atoms with van der Waals surface area (Å²) in [5.41, 5.74) is 1.77. The Labute approximate surface area is 129 Å². The molecule has 20 heavy (non-hydrogen) atoms. The standard InChI is InChI=1S/C16H23BrN2O/c1-3-5-16(6-4-7-18-11-16)15(20)19-14-9-12(2)8-13(17)10-14/h8-10,18H,3-7,11H2,1-2H3,(H,19,20). The molecule has 110 valence electrons. The molecule has 1 aliphatic heterocycles. The van der Waals surface area contributed by atoms with Crippen LogP contribution in [0.4, 0.5) is 5.69 Å². The first-order valence-electron chi connectivity index (χ1n) is 7.35. The zero-order valence-corrected chi connectivity index (χ0v) is 13.8. The van der Waals surface area contributed by atoms with Crippen LogP contribution in [0.3, 0.4) is 0 Å². The summed E-state index contributed by atoms with van der Waals surface area (Å²) in [6, 6.07) is 6.01. The van der Waals surface area contributed by atoms with Crippen molar-refractivity contribution < 1.29 is 4.79 Å². The second-order valence-electron chi connectivity index (χ2n) is 5.78. The molecule has 4 heteroatoms. The lowest BCUT2D eigenvalue weighted by Crippen LogP contribution is -2.48. The summed E-state index contributed by atoms with van der Waals surface area (Å²) in [6.07, 6.45) is 4.03. The van der Waals surface area contributed by atoms with E-state index >= 15 is 0 Å². The van der Waals surface area contributed by atoms with Crippen LogP contribution >= 0.6 is 15.9 Å². The van der Waals surface area contributed by atoms with Gasteiger partial charge in [0.05, 0.1) is 5.41 Å². The van der Waals surface area contributed by atoms with Gasteiger partial charge in [-0.15, -0.1) is 0 Å². The maximum Gasteiger partial charge on any atom is 0.231 e. The van der Waals surface area contributed by atoms with Crippen LogP contribution in [-0.4, -0.2) is 19.0 Å². The quantitative estimate of drug-likeness (QED) is 0.874. The van der Waals surface area contributed by atoms with Crippen molar-refractivity contribution >= 4 is 27.5 Å². The summed E-state index contributed by atoms with van der Waals surface area (Å²) in [5.74, 6) is 0.157. The summed E-state index contributed by atoms with van der Waals surface area (Å²) in [7, 11) is 0. The molecule has 3 nitrogen and oxygen atoms in total. The van der Waals surface area contributed by atoms with Gasteiger partial charge in [0.1, 0.15) is 0 Å². The van der Waals surface area contributed by atoms with Crippen LogP contribution in [0.5, 0.6) is 0 Å². The van der Waals surface area contributed by atoms with Crippen molar-refractivity contribution in [3.8, 4) is 0 Å². The third kappa shape index (κ3) is 3.61. The zero-order valence-electron chi connectivity index (χ0n) is 12.3. The maximum atomic E-state index is 12.7. The summed E-state index contributed by atoms with van der Waals surface area (Å²) in [4.78, 5) is 12.7. The van der Waals surface area contributed by atoms with E-state index in [2.05, 4.69) is 33.5 Å². The van der Waals surface area contributed by atoms with Crippen molar-refractivity contribution in [3.05, 3.63) is 28.2 Å². The Balaban J connectivity index is 2.15. The van der Waals surface area contributed by atoms with Crippen molar-refractivity contribution in [1.29, 1.82) is 0 Å². The highest BCUT2D eigenvalue weighted by molar-refractivity contribution is 9.10. The molecule has 1 unspecified atom stereocenters. The summed E-state index contributed by atoms with van der Waals surface area (Å²) in [6.45, 7) is 5.99. The number of benzene rings is 1. The molecule has 1 aromatic rings. The molecule has 0 aliphatic carbocycles. The van der Waals surface area contributed by atoms with E-state index in [4.69, 9.17) is 0 Å². The first-order chi connectivity index (χ1) is 9.55. The van der Waals surface area contributed by atoms with Gasteiger partial charge in [-0.1, -0.05) is 29.3 Å². The monoisotopic (exact) mass is 338 g/mol. The third-order valence-corrected chi connectivity index (χ3v) is 4.44. The number of halogens is 1. The Bertz CT molecular complexity index is 456. The summed E-state index contributed by atoms with van der Waals surface area (Å²) < 4.78 is 0.999. The Morgan fingerprint density at radius 1 is 1.45 bits per heavy atom. The lowest BCUT2D eigenvalue weighted by molar-refractivity contribution is -0.127. The topological polar surface area (TPSA) is 41.1 Å². The zero-order chi connectivity index (χ0) is 14.6. The number of anilines is 1. The molecule has 1 heterocycles. The van der Waals surface area contributed by atoms with Gasteiger partial charge in [-0.05, 0) is 56.5 Å². The minimum Gasteiger partial charge on any atom is -0.326 e. The molecule has 0 radical (unpaired) electrons. The molecule has 2 N–H and O–H groups in total. The van der Waals surface area contributed by atoms with Crippen LogP contribution in [0.1, 0.15) is 38.2 Å². The van der Waals surface area contributed by atoms with Gasteiger partial charge >= 0.3 is 0 Å².